The average molecular weight is 340 g/mol. The van der Waals surface area contributed by atoms with Crippen molar-refractivity contribution >= 4 is 33.7 Å². The minimum Gasteiger partial charge on any atom is -0.463 e. The second kappa shape index (κ2) is 5.36. The van der Waals surface area contributed by atoms with Crippen molar-refractivity contribution in [3.8, 4) is 0 Å². The van der Waals surface area contributed by atoms with E-state index in [9.17, 15) is 14.4 Å². The first-order valence-corrected chi connectivity index (χ1v) is 6.93. The molecule has 0 saturated carbocycles. The monoisotopic (exact) mass is 339 g/mol. The predicted octanol–water partition coefficient (Wildman–Crippen LogP) is 2.00. The number of ether oxygens (including phenoxy) is 1. The predicted molar refractivity (Wildman–Crippen MR) is 75.8 cm³/mol. The Kier molecular flexibility index (Phi) is 3.94. The zero-order valence-corrected chi connectivity index (χ0v) is 12.8. The fraction of sp³-hybridized carbons (Fsp3) is 0.357. The molecule has 0 N–H and O–H groups in total. The molecule has 5 nitrogen and oxygen atoms in total. The summed E-state index contributed by atoms with van der Waals surface area (Å²) in [5.41, 5.74) is 0.786. The van der Waals surface area contributed by atoms with E-state index in [0.717, 1.165) is 4.90 Å². The molecule has 2 rings (SSSR count). The van der Waals surface area contributed by atoms with Crippen molar-refractivity contribution in [2.24, 2.45) is 0 Å². The molecular formula is C14H14BrNO4. The van der Waals surface area contributed by atoms with Crippen molar-refractivity contribution in [2.45, 2.75) is 18.2 Å². The van der Waals surface area contributed by atoms with Gasteiger partial charge in [-0.3, -0.25) is 19.3 Å². The number of alkyl halides is 1. The molecule has 1 aliphatic heterocycles. The number of hydrogen-bond acceptors (Lipinski definition) is 4. The van der Waals surface area contributed by atoms with Crippen molar-refractivity contribution in [1.29, 1.82) is 0 Å². The number of benzene rings is 1. The van der Waals surface area contributed by atoms with Gasteiger partial charge in [0.1, 0.15) is 10.9 Å². The lowest BCUT2D eigenvalue weighted by atomic mass is 10.1. The molecule has 0 bridgehead atoms. The third-order valence-corrected chi connectivity index (χ3v) is 3.24. The first kappa shape index (κ1) is 14.7. The number of carbonyl (C=O) groups is 3. The molecule has 0 unspecified atom stereocenters. The Morgan fingerprint density at radius 3 is 2.15 bits per heavy atom. The van der Waals surface area contributed by atoms with E-state index < -0.39 is 10.3 Å². The summed E-state index contributed by atoms with van der Waals surface area (Å²) in [4.78, 5) is 36.7. The summed E-state index contributed by atoms with van der Waals surface area (Å²) in [6.07, 6.45) is 0. The fourth-order valence-corrected chi connectivity index (χ4v) is 1.96. The van der Waals surface area contributed by atoms with Crippen LogP contribution in [-0.4, -0.2) is 40.2 Å². The van der Waals surface area contributed by atoms with Gasteiger partial charge in [-0.15, -0.1) is 0 Å². The minimum absolute atomic E-state index is 0.0146. The number of amides is 2. The van der Waals surface area contributed by atoms with E-state index in [1.807, 2.05) is 0 Å². The number of fused-ring (bicyclic) bond motifs is 1. The minimum atomic E-state index is -0.783. The standard InChI is InChI=1S/C14H14BrNO4/c1-14(2,15)13(19)20-8-7-16-11(17)9-5-3-4-6-10(9)12(16)18/h3-6H,7-8H2,1-2H3. The smallest absolute Gasteiger partial charge is 0.322 e. The lowest BCUT2D eigenvalue weighted by Crippen LogP contribution is -2.35. The highest BCUT2D eigenvalue weighted by molar-refractivity contribution is 9.10. The lowest BCUT2D eigenvalue weighted by molar-refractivity contribution is -0.145. The van der Waals surface area contributed by atoms with Crippen LogP contribution in [0.3, 0.4) is 0 Å². The van der Waals surface area contributed by atoms with Gasteiger partial charge in [-0.2, -0.15) is 0 Å². The van der Waals surface area contributed by atoms with Gasteiger partial charge in [0.2, 0.25) is 0 Å². The molecular weight excluding hydrogens is 326 g/mol. The summed E-state index contributed by atoms with van der Waals surface area (Å²) < 4.78 is 4.25. The highest BCUT2D eigenvalue weighted by atomic mass is 79.9. The zero-order chi connectivity index (χ0) is 14.9. The topological polar surface area (TPSA) is 63.7 Å². The molecule has 1 aromatic carbocycles. The van der Waals surface area contributed by atoms with E-state index in [4.69, 9.17) is 4.74 Å². The van der Waals surface area contributed by atoms with Gasteiger partial charge in [0.25, 0.3) is 11.8 Å². The van der Waals surface area contributed by atoms with Crippen molar-refractivity contribution in [2.75, 3.05) is 13.2 Å². The van der Waals surface area contributed by atoms with Crippen LogP contribution >= 0.6 is 15.9 Å². The molecule has 2 amide bonds. The van der Waals surface area contributed by atoms with Crippen LogP contribution in [0.4, 0.5) is 0 Å². The largest absolute Gasteiger partial charge is 0.463 e. The van der Waals surface area contributed by atoms with Crippen molar-refractivity contribution in [3.63, 3.8) is 0 Å². The van der Waals surface area contributed by atoms with Crippen LogP contribution in [0.25, 0.3) is 0 Å². The van der Waals surface area contributed by atoms with Crippen molar-refractivity contribution in [3.05, 3.63) is 35.4 Å². The maximum absolute atomic E-state index is 12.0. The molecule has 0 saturated heterocycles. The molecule has 0 spiro atoms. The SMILES string of the molecule is CC(C)(Br)C(=O)OCCN1C(=O)c2ccccc2C1=O. The molecule has 20 heavy (non-hydrogen) atoms. The summed E-state index contributed by atoms with van der Waals surface area (Å²) in [5, 5.41) is 0. The summed E-state index contributed by atoms with van der Waals surface area (Å²) in [5.74, 6) is -1.13. The molecule has 106 valence electrons. The Labute approximate surface area is 125 Å². The van der Waals surface area contributed by atoms with Gasteiger partial charge in [0.15, 0.2) is 0 Å². The summed E-state index contributed by atoms with van der Waals surface area (Å²) in [7, 11) is 0. The first-order valence-electron chi connectivity index (χ1n) is 6.13. The van der Waals surface area contributed by atoms with Gasteiger partial charge in [0.05, 0.1) is 17.7 Å². The summed E-state index contributed by atoms with van der Waals surface area (Å²) in [6.45, 7) is 3.37. The third-order valence-electron chi connectivity index (χ3n) is 2.91. The van der Waals surface area contributed by atoms with E-state index in [1.54, 1.807) is 38.1 Å². The van der Waals surface area contributed by atoms with Gasteiger partial charge >= 0.3 is 5.97 Å². The molecule has 1 aliphatic rings. The third kappa shape index (κ3) is 2.75. The Morgan fingerprint density at radius 2 is 1.70 bits per heavy atom. The maximum Gasteiger partial charge on any atom is 0.322 e. The van der Waals surface area contributed by atoms with Gasteiger partial charge in [-0.05, 0) is 26.0 Å². The summed E-state index contributed by atoms with van der Waals surface area (Å²) in [6, 6.07) is 6.65. The highest BCUT2D eigenvalue weighted by Crippen LogP contribution is 2.22. The lowest BCUT2D eigenvalue weighted by Gasteiger charge is -2.17. The normalized spacial score (nSPS) is 14.4. The molecule has 1 aromatic rings. The number of carbonyl (C=O) groups excluding carboxylic acids is 3. The van der Waals surface area contributed by atoms with Crippen molar-refractivity contribution in [1.82, 2.24) is 4.90 Å². The van der Waals surface area contributed by atoms with Crippen LogP contribution in [0.5, 0.6) is 0 Å². The van der Waals surface area contributed by atoms with E-state index >= 15 is 0 Å². The second-order valence-corrected chi connectivity index (χ2v) is 6.90. The van der Waals surface area contributed by atoms with Crippen LogP contribution in [0.2, 0.25) is 0 Å². The molecule has 6 heteroatoms. The quantitative estimate of drug-likeness (QED) is 0.478. The Morgan fingerprint density at radius 1 is 1.20 bits per heavy atom. The van der Waals surface area contributed by atoms with Crippen molar-refractivity contribution < 1.29 is 19.1 Å². The zero-order valence-electron chi connectivity index (χ0n) is 11.2. The molecule has 0 aromatic heterocycles. The van der Waals surface area contributed by atoms with Gasteiger partial charge in [-0.1, -0.05) is 28.1 Å². The highest BCUT2D eigenvalue weighted by Gasteiger charge is 2.35. The van der Waals surface area contributed by atoms with Gasteiger partial charge in [-0.25, -0.2) is 0 Å². The number of hydrogen-bond donors (Lipinski definition) is 0. The van der Waals surface area contributed by atoms with E-state index in [-0.39, 0.29) is 25.0 Å². The van der Waals surface area contributed by atoms with Gasteiger partial charge < -0.3 is 4.74 Å². The van der Waals surface area contributed by atoms with E-state index in [0.29, 0.717) is 11.1 Å². The molecule has 0 fully saturated rings. The number of nitrogens with zero attached hydrogens (tertiary/aromatic N) is 1. The molecule has 1 heterocycles. The maximum atomic E-state index is 12.0. The van der Waals surface area contributed by atoms with Crippen LogP contribution in [-0.2, 0) is 9.53 Å². The fourth-order valence-electron chi connectivity index (χ4n) is 1.84. The van der Waals surface area contributed by atoms with E-state index in [1.165, 1.54) is 0 Å². The number of imide groups is 1. The first-order chi connectivity index (χ1) is 9.32. The average Bonchev–Trinajstić information content (AvgIpc) is 2.63. The molecule has 0 aliphatic carbocycles. The number of halogens is 1. The Hall–Kier alpha value is -1.69. The summed E-state index contributed by atoms with van der Waals surface area (Å²) >= 11 is 3.18. The van der Waals surface area contributed by atoms with Crippen LogP contribution in [0, 0.1) is 0 Å². The van der Waals surface area contributed by atoms with Crippen LogP contribution < -0.4 is 0 Å². The Balaban J connectivity index is 1.98. The van der Waals surface area contributed by atoms with E-state index in [2.05, 4.69) is 15.9 Å². The molecule has 0 radical (unpaired) electrons. The van der Waals surface area contributed by atoms with Crippen LogP contribution in [0.15, 0.2) is 24.3 Å². The Bertz CT molecular complexity index is 542. The van der Waals surface area contributed by atoms with Gasteiger partial charge in [0, 0.05) is 0 Å². The van der Waals surface area contributed by atoms with Crippen LogP contribution in [0.1, 0.15) is 34.6 Å². The number of esters is 1. The second-order valence-electron chi connectivity index (χ2n) is 4.92. The molecule has 0 atom stereocenters. The number of rotatable bonds is 4.